The molecule has 1 aromatic heterocycles. The molecule has 18 heavy (non-hydrogen) atoms. The van der Waals surface area contributed by atoms with Gasteiger partial charge in [-0.3, -0.25) is 4.79 Å². The number of aromatic nitrogens is 1. The maximum absolute atomic E-state index is 12.3. The molecule has 1 atom stereocenters. The van der Waals surface area contributed by atoms with Crippen LogP contribution in [-0.4, -0.2) is 46.6 Å². The van der Waals surface area contributed by atoms with Gasteiger partial charge in [0.2, 0.25) is 0 Å². The summed E-state index contributed by atoms with van der Waals surface area (Å²) in [5, 5.41) is 12.6. The Kier molecular flexibility index (Phi) is 3.81. The molecule has 1 saturated heterocycles. The number of hydrogen-bond donors (Lipinski definition) is 2. The minimum atomic E-state index is -0.384. The zero-order chi connectivity index (χ0) is 13.1. The minimum absolute atomic E-state index is 0.0313. The first kappa shape index (κ1) is 12.8. The molecule has 0 aromatic carbocycles. The van der Waals surface area contributed by atoms with Crippen molar-refractivity contribution in [2.75, 3.05) is 25.0 Å². The lowest BCUT2D eigenvalue weighted by Gasteiger charge is -2.16. The van der Waals surface area contributed by atoms with E-state index in [0.29, 0.717) is 25.1 Å². The van der Waals surface area contributed by atoms with Gasteiger partial charge in [-0.05, 0) is 32.4 Å². The zero-order valence-corrected chi connectivity index (χ0v) is 10.8. The van der Waals surface area contributed by atoms with Gasteiger partial charge in [0.05, 0.1) is 6.10 Å². The number of carbonyl (C=O) groups is 1. The van der Waals surface area contributed by atoms with E-state index in [2.05, 4.69) is 10.3 Å². The average Bonchev–Trinajstić information content (AvgIpc) is 2.74. The Hall–Kier alpha value is -1.62. The second-order valence-electron chi connectivity index (χ2n) is 4.61. The summed E-state index contributed by atoms with van der Waals surface area (Å²) in [6, 6.07) is 3.55. The number of anilines is 1. The van der Waals surface area contributed by atoms with Crippen molar-refractivity contribution in [2.45, 2.75) is 26.4 Å². The molecule has 5 heteroatoms. The predicted molar refractivity (Wildman–Crippen MR) is 69.7 cm³/mol. The summed E-state index contributed by atoms with van der Waals surface area (Å²) in [4.78, 5) is 18.3. The summed E-state index contributed by atoms with van der Waals surface area (Å²) in [5.74, 6) is 0.691. The van der Waals surface area contributed by atoms with Gasteiger partial charge < -0.3 is 15.3 Å². The zero-order valence-electron chi connectivity index (χ0n) is 10.8. The molecule has 0 radical (unpaired) electrons. The Morgan fingerprint density at radius 2 is 2.39 bits per heavy atom. The van der Waals surface area contributed by atoms with Crippen LogP contribution in [0.15, 0.2) is 12.1 Å². The van der Waals surface area contributed by atoms with Crippen LogP contribution in [0.25, 0.3) is 0 Å². The number of carbonyl (C=O) groups excluding carboxylic acids is 1. The Labute approximate surface area is 107 Å². The number of likely N-dealkylation sites (tertiary alicyclic amines) is 1. The third-order valence-corrected chi connectivity index (χ3v) is 3.01. The molecule has 1 unspecified atom stereocenters. The van der Waals surface area contributed by atoms with Gasteiger partial charge in [-0.15, -0.1) is 0 Å². The summed E-state index contributed by atoms with van der Waals surface area (Å²) >= 11 is 0. The summed E-state index contributed by atoms with van der Waals surface area (Å²) in [5.41, 5.74) is 1.45. The Balaban J connectivity index is 2.19. The molecule has 0 bridgehead atoms. The maximum Gasteiger partial charge on any atom is 0.254 e. The molecule has 0 saturated carbocycles. The monoisotopic (exact) mass is 249 g/mol. The molecule has 98 valence electrons. The van der Waals surface area contributed by atoms with Gasteiger partial charge in [0.25, 0.3) is 5.91 Å². The van der Waals surface area contributed by atoms with Gasteiger partial charge >= 0.3 is 0 Å². The number of aliphatic hydroxyl groups is 1. The molecule has 1 fully saturated rings. The fourth-order valence-corrected chi connectivity index (χ4v) is 2.17. The van der Waals surface area contributed by atoms with Crippen molar-refractivity contribution < 1.29 is 9.90 Å². The number of hydrogen-bond acceptors (Lipinski definition) is 4. The van der Waals surface area contributed by atoms with Gasteiger partial charge in [0, 0.05) is 30.9 Å². The highest BCUT2D eigenvalue weighted by Crippen LogP contribution is 2.16. The summed E-state index contributed by atoms with van der Waals surface area (Å²) in [6.45, 7) is 5.68. The van der Waals surface area contributed by atoms with Crippen molar-refractivity contribution in [2.24, 2.45) is 0 Å². The van der Waals surface area contributed by atoms with E-state index in [4.69, 9.17) is 0 Å². The molecular weight excluding hydrogens is 230 g/mol. The molecule has 1 aliphatic heterocycles. The van der Waals surface area contributed by atoms with Gasteiger partial charge in [0.1, 0.15) is 5.82 Å². The van der Waals surface area contributed by atoms with E-state index < -0.39 is 0 Å². The van der Waals surface area contributed by atoms with Crippen LogP contribution in [0.1, 0.15) is 29.4 Å². The maximum atomic E-state index is 12.3. The van der Waals surface area contributed by atoms with E-state index in [1.165, 1.54) is 0 Å². The van der Waals surface area contributed by atoms with Crippen LogP contribution in [0.2, 0.25) is 0 Å². The van der Waals surface area contributed by atoms with Gasteiger partial charge in [0.15, 0.2) is 0 Å². The molecule has 2 heterocycles. The largest absolute Gasteiger partial charge is 0.391 e. The molecule has 1 aromatic rings. The predicted octanol–water partition coefficient (Wildman–Crippen LogP) is 1.03. The lowest BCUT2D eigenvalue weighted by atomic mass is 10.2. The molecule has 1 aliphatic rings. The van der Waals surface area contributed by atoms with E-state index in [1.807, 2.05) is 13.8 Å². The van der Waals surface area contributed by atoms with E-state index in [1.54, 1.807) is 17.0 Å². The second-order valence-corrected chi connectivity index (χ2v) is 4.61. The topological polar surface area (TPSA) is 65.5 Å². The number of pyridine rings is 1. The van der Waals surface area contributed by atoms with Crippen molar-refractivity contribution in [1.82, 2.24) is 9.88 Å². The third kappa shape index (κ3) is 2.79. The number of aryl methyl sites for hydroxylation is 1. The third-order valence-electron chi connectivity index (χ3n) is 3.01. The van der Waals surface area contributed by atoms with Gasteiger partial charge in [-0.1, -0.05) is 0 Å². The van der Waals surface area contributed by atoms with Gasteiger partial charge in [-0.25, -0.2) is 4.98 Å². The number of β-amino-alcohol motifs (C(OH)–C–C–N with tert-alkyl or cyclic N) is 1. The highest BCUT2D eigenvalue weighted by Gasteiger charge is 2.25. The van der Waals surface area contributed by atoms with E-state index in [-0.39, 0.29) is 12.0 Å². The number of nitrogens with one attached hydrogen (secondary N) is 1. The highest BCUT2D eigenvalue weighted by molar-refractivity contribution is 5.95. The van der Waals surface area contributed by atoms with Crippen LogP contribution in [0.5, 0.6) is 0 Å². The van der Waals surface area contributed by atoms with Crippen LogP contribution in [0.3, 0.4) is 0 Å². The fraction of sp³-hybridized carbons (Fsp3) is 0.538. The van der Waals surface area contributed by atoms with Crippen LogP contribution >= 0.6 is 0 Å². The molecule has 0 spiro atoms. The van der Waals surface area contributed by atoms with Crippen molar-refractivity contribution in [1.29, 1.82) is 0 Å². The number of amides is 1. The molecule has 0 aliphatic carbocycles. The molecule has 5 nitrogen and oxygen atoms in total. The van der Waals surface area contributed by atoms with Crippen molar-refractivity contribution in [3.05, 3.63) is 23.4 Å². The molecule has 1 amide bonds. The second kappa shape index (κ2) is 5.35. The summed E-state index contributed by atoms with van der Waals surface area (Å²) in [7, 11) is 0. The number of nitrogens with zero attached hydrogens (tertiary/aromatic N) is 2. The Bertz CT molecular complexity index is 448. The fourth-order valence-electron chi connectivity index (χ4n) is 2.17. The van der Waals surface area contributed by atoms with Gasteiger partial charge in [-0.2, -0.15) is 0 Å². The van der Waals surface area contributed by atoms with Crippen LogP contribution in [-0.2, 0) is 0 Å². The van der Waals surface area contributed by atoms with Crippen molar-refractivity contribution in [3.63, 3.8) is 0 Å². The standard InChI is InChI=1S/C13H19N3O2/c1-3-14-12-7-10(6-9(2)15-12)13(18)16-5-4-11(17)8-16/h6-7,11,17H,3-5,8H2,1-2H3,(H,14,15). The lowest BCUT2D eigenvalue weighted by Crippen LogP contribution is -2.29. The summed E-state index contributed by atoms with van der Waals surface area (Å²) < 4.78 is 0. The quantitative estimate of drug-likeness (QED) is 0.839. The Morgan fingerprint density at radius 3 is 3.00 bits per heavy atom. The summed E-state index contributed by atoms with van der Waals surface area (Å²) in [6.07, 6.45) is 0.278. The first-order chi connectivity index (χ1) is 8.60. The van der Waals surface area contributed by atoms with Crippen molar-refractivity contribution >= 4 is 11.7 Å². The SMILES string of the molecule is CCNc1cc(C(=O)N2CCC(O)C2)cc(C)n1. The normalized spacial score (nSPS) is 19.1. The lowest BCUT2D eigenvalue weighted by molar-refractivity contribution is 0.0765. The van der Waals surface area contributed by atoms with Crippen LogP contribution < -0.4 is 5.32 Å². The average molecular weight is 249 g/mol. The minimum Gasteiger partial charge on any atom is -0.391 e. The first-order valence-corrected chi connectivity index (χ1v) is 6.30. The molecular formula is C13H19N3O2. The van der Waals surface area contributed by atoms with Crippen LogP contribution in [0, 0.1) is 6.92 Å². The molecule has 2 rings (SSSR count). The highest BCUT2D eigenvalue weighted by atomic mass is 16.3. The number of aliphatic hydroxyl groups excluding tert-OH is 1. The molecule has 2 N–H and O–H groups in total. The Morgan fingerprint density at radius 1 is 1.61 bits per heavy atom. The van der Waals surface area contributed by atoms with E-state index in [9.17, 15) is 9.90 Å². The smallest absolute Gasteiger partial charge is 0.254 e. The van der Waals surface area contributed by atoms with Crippen molar-refractivity contribution in [3.8, 4) is 0 Å². The van der Waals surface area contributed by atoms with E-state index >= 15 is 0 Å². The van der Waals surface area contributed by atoms with Crippen LogP contribution in [0.4, 0.5) is 5.82 Å². The van der Waals surface area contributed by atoms with E-state index in [0.717, 1.165) is 18.1 Å². The number of rotatable bonds is 3. The first-order valence-electron chi connectivity index (χ1n) is 6.30.